The van der Waals surface area contributed by atoms with E-state index in [1.807, 2.05) is 0 Å². The SMILES string of the molecule is CCOP(=O)(OCC)C1CC[C@H]2CC[C@@H](c3cc(F)ccc3F)N2C1=O.O=C1CCC[C@H]2CC[C@@H](c3cc(F)ccc3F)N12. The van der Waals surface area contributed by atoms with Gasteiger partial charge >= 0.3 is 7.60 Å². The number of nitrogens with zero attached hydrogens (tertiary/aromatic N) is 2. The number of piperidine rings is 2. The third-order valence-electron chi connectivity index (χ3n) is 9.17. The smallest absolute Gasteiger partial charge is 0.333 e. The monoisotopic (exact) mass is 638 g/mol. The molecule has 5 atom stereocenters. The van der Waals surface area contributed by atoms with Gasteiger partial charge in [-0.3, -0.25) is 14.2 Å². The molecule has 0 spiro atoms. The lowest BCUT2D eigenvalue weighted by Crippen LogP contribution is -2.48. The molecule has 12 heteroatoms. The van der Waals surface area contributed by atoms with Crippen molar-refractivity contribution in [1.82, 2.24) is 9.80 Å². The van der Waals surface area contributed by atoms with Crippen molar-refractivity contribution in [1.29, 1.82) is 0 Å². The minimum Gasteiger partial charge on any atom is -0.333 e. The third-order valence-corrected chi connectivity index (χ3v) is 11.6. The molecule has 0 aromatic heterocycles. The van der Waals surface area contributed by atoms with Crippen LogP contribution >= 0.6 is 7.60 Å². The van der Waals surface area contributed by atoms with Gasteiger partial charge in [-0.25, -0.2) is 17.6 Å². The van der Waals surface area contributed by atoms with Gasteiger partial charge < -0.3 is 18.8 Å². The van der Waals surface area contributed by atoms with Crippen molar-refractivity contribution in [3.05, 3.63) is 70.8 Å². The highest BCUT2D eigenvalue weighted by molar-refractivity contribution is 7.55. The van der Waals surface area contributed by atoms with Crippen molar-refractivity contribution < 1.29 is 40.8 Å². The maximum absolute atomic E-state index is 14.3. The first-order valence-corrected chi connectivity index (χ1v) is 17.1. The number of hydrogen-bond donors (Lipinski definition) is 0. The maximum atomic E-state index is 14.3. The second-order valence-electron chi connectivity index (χ2n) is 11.7. The molecule has 4 aliphatic rings. The molecular weight excluding hydrogens is 599 g/mol. The summed E-state index contributed by atoms with van der Waals surface area (Å²) in [4.78, 5) is 28.5. The van der Waals surface area contributed by atoms with Crippen LogP contribution in [-0.4, -0.2) is 52.6 Å². The fourth-order valence-corrected chi connectivity index (χ4v) is 9.35. The van der Waals surface area contributed by atoms with Crippen molar-refractivity contribution in [3.8, 4) is 0 Å². The predicted molar refractivity (Wildman–Crippen MR) is 156 cm³/mol. The van der Waals surface area contributed by atoms with Crippen LogP contribution in [0.1, 0.15) is 94.8 Å². The fraction of sp³-hybridized carbons (Fsp3) is 0.562. The number of hydrogen-bond acceptors (Lipinski definition) is 5. The summed E-state index contributed by atoms with van der Waals surface area (Å²) in [6, 6.07) is 6.10. The van der Waals surface area contributed by atoms with Gasteiger partial charge in [0.1, 0.15) is 28.9 Å². The lowest BCUT2D eigenvalue weighted by atomic mass is 10.0. The average molecular weight is 639 g/mol. The van der Waals surface area contributed by atoms with Gasteiger partial charge in [-0.1, -0.05) is 0 Å². The Hall–Kier alpha value is -2.75. The summed E-state index contributed by atoms with van der Waals surface area (Å²) in [6.45, 7) is 3.74. The molecule has 0 N–H and O–H groups in total. The Morgan fingerprint density at radius 1 is 0.727 bits per heavy atom. The molecule has 2 aromatic rings. The second kappa shape index (κ2) is 13.7. The molecule has 1 unspecified atom stereocenters. The number of carbonyl (C=O) groups is 2. The Labute approximate surface area is 255 Å². The van der Waals surface area contributed by atoms with Gasteiger partial charge in [0, 0.05) is 29.6 Å². The predicted octanol–water partition coefficient (Wildman–Crippen LogP) is 7.61. The Kier molecular flexibility index (Phi) is 10.2. The van der Waals surface area contributed by atoms with E-state index in [0.29, 0.717) is 37.7 Å². The van der Waals surface area contributed by atoms with Crippen LogP contribution in [0.25, 0.3) is 0 Å². The van der Waals surface area contributed by atoms with Gasteiger partial charge in [0.2, 0.25) is 11.8 Å². The molecule has 0 saturated carbocycles. The van der Waals surface area contributed by atoms with Crippen LogP contribution in [-0.2, 0) is 23.2 Å². The molecule has 2 amide bonds. The molecule has 240 valence electrons. The van der Waals surface area contributed by atoms with E-state index >= 15 is 0 Å². The number of carbonyl (C=O) groups excluding carboxylic acids is 2. The molecule has 6 rings (SSSR count). The topological polar surface area (TPSA) is 76.1 Å². The quantitative estimate of drug-likeness (QED) is 0.231. The minimum atomic E-state index is -3.60. The molecule has 4 saturated heterocycles. The Balaban J connectivity index is 0.000000186. The molecule has 4 fully saturated rings. The summed E-state index contributed by atoms with van der Waals surface area (Å²) < 4.78 is 78.8. The third kappa shape index (κ3) is 6.46. The van der Waals surface area contributed by atoms with Crippen molar-refractivity contribution in [2.75, 3.05) is 13.2 Å². The van der Waals surface area contributed by atoms with E-state index < -0.39 is 42.6 Å². The van der Waals surface area contributed by atoms with Crippen molar-refractivity contribution in [2.24, 2.45) is 0 Å². The van der Waals surface area contributed by atoms with Gasteiger partial charge in [0.05, 0.1) is 25.3 Å². The zero-order valence-electron chi connectivity index (χ0n) is 25.0. The number of fused-ring (bicyclic) bond motifs is 2. The van der Waals surface area contributed by atoms with E-state index in [1.165, 1.54) is 6.07 Å². The fourth-order valence-electron chi connectivity index (χ4n) is 7.33. The first kappa shape index (κ1) is 32.6. The summed E-state index contributed by atoms with van der Waals surface area (Å²) in [5, 5.41) is 0. The Morgan fingerprint density at radius 2 is 1.23 bits per heavy atom. The molecule has 0 aliphatic carbocycles. The number of amides is 2. The highest BCUT2D eigenvalue weighted by Crippen LogP contribution is 2.58. The van der Waals surface area contributed by atoms with Crippen molar-refractivity contribution >= 4 is 19.4 Å². The van der Waals surface area contributed by atoms with E-state index in [1.54, 1.807) is 23.6 Å². The van der Waals surface area contributed by atoms with Crippen LogP contribution in [0.15, 0.2) is 36.4 Å². The molecule has 4 heterocycles. The molecular formula is C32H39F4N2O5P. The highest BCUT2D eigenvalue weighted by atomic mass is 31.2. The van der Waals surface area contributed by atoms with Crippen LogP contribution in [0.3, 0.4) is 0 Å². The second-order valence-corrected chi connectivity index (χ2v) is 14.0. The number of benzene rings is 2. The number of rotatable bonds is 7. The Bertz CT molecular complexity index is 1420. The van der Waals surface area contributed by atoms with E-state index in [4.69, 9.17) is 9.05 Å². The summed E-state index contributed by atoms with van der Waals surface area (Å²) in [5.74, 6) is -2.21. The zero-order valence-corrected chi connectivity index (χ0v) is 25.9. The lowest BCUT2D eigenvalue weighted by molar-refractivity contribution is -0.137. The zero-order chi connectivity index (χ0) is 31.6. The molecule has 2 aromatic carbocycles. The summed E-state index contributed by atoms with van der Waals surface area (Å²) in [5.41, 5.74) is -0.396. The molecule has 7 nitrogen and oxygen atoms in total. The van der Waals surface area contributed by atoms with Gasteiger partial charge in [0.15, 0.2) is 0 Å². The average Bonchev–Trinajstić information content (AvgIpc) is 3.62. The molecule has 4 aliphatic heterocycles. The highest BCUT2D eigenvalue weighted by Gasteiger charge is 2.51. The molecule has 0 bridgehead atoms. The summed E-state index contributed by atoms with van der Waals surface area (Å²) >= 11 is 0. The molecule has 44 heavy (non-hydrogen) atoms. The molecule has 0 radical (unpaired) electrons. The minimum absolute atomic E-state index is 0.0527. The Morgan fingerprint density at radius 3 is 1.77 bits per heavy atom. The van der Waals surface area contributed by atoms with Gasteiger partial charge in [-0.15, -0.1) is 0 Å². The van der Waals surface area contributed by atoms with Crippen molar-refractivity contribution in [3.63, 3.8) is 0 Å². The summed E-state index contributed by atoms with van der Waals surface area (Å²) in [6.07, 6.45) is 6.39. The van der Waals surface area contributed by atoms with Crippen LogP contribution < -0.4 is 0 Å². The van der Waals surface area contributed by atoms with Crippen molar-refractivity contribution in [2.45, 2.75) is 101 Å². The van der Waals surface area contributed by atoms with E-state index in [2.05, 4.69) is 0 Å². The normalized spacial score (nSPS) is 26.7. The van der Waals surface area contributed by atoms with E-state index in [0.717, 1.165) is 56.0 Å². The van der Waals surface area contributed by atoms with E-state index in [9.17, 15) is 31.7 Å². The van der Waals surface area contributed by atoms with Crippen LogP contribution in [0.2, 0.25) is 0 Å². The summed E-state index contributed by atoms with van der Waals surface area (Å²) in [7, 11) is -3.60. The first-order chi connectivity index (χ1) is 21.1. The van der Waals surface area contributed by atoms with Crippen LogP contribution in [0.5, 0.6) is 0 Å². The van der Waals surface area contributed by atoms with Gasteiger partial charge in [0.25, 0.3) is 0 Å². The lowest BCUT2D eigenvalue weighted by Gasteiger charge is -2.40. The van der Waals surface area contributed by atoms with Crippen LogP contribution in [0, 0.1) is 23.3 Å². The maximum Gasteiger partial charge on any atom is 0.343 e. The first-order valence-electron chi connectivity index (χ1n) is 15.5. The number of halogens is 4. The largest absolute Gasteiger partial charge is 0.343 e. The van der Waals surface area contributed by atoms with Crippen LogP contribution in [0.4, 0.5) is 17.6 Å². The standard InChI is InChI=1S/C18H24F2NO4P.C14H15F2NO/c1-3-24-26(23,25-4-2)17-10-7-13-6-9-16(21(13)18(17)22)14-11-12(19)5-8-15(14)20;15-9-4-6-12(16)11(8-9)13-7-5-10-2-1-3-14(18)17(10)13/h5,8,11,13,16-17H,3-4,6-7,9-10H2,1-2H3;4,6,8,10,13H,1-3,5,7H2/t13-,16+,17?;10-,13-/m10/s1. The van der Waals surface area contributed by atoms with Gasteiger partial charge in [-0.05, 0) is 102 Å². The van der Waals surface area contributed by atoms with Gasteiger partial charge in [-0.2, -0.15) is 0 Å². The van der Waals surface area contributed by atoms with E-state index in [-0.39, 0.29) is 48.7 Å².